The molecular weight excluding hydrogens is 745 g/mol. The van der Waals surface area contributed by atoms with E-state index in [4.69, 9.17) is 24.4 Å². The molecule has 0 atom stereocenters. The summed E-state index contributed by atoms with van der Waals surface area (Å²) >= 11 is 0. The second kappa shape index (κ2) is 15.5. The van der Waals surface area contributed by atoms with Crippen molar-refractivity contribution in [2.24, 2.45) is 0 Å². The van der Waals surface area contributed by atoms with Crippen LogP contribution in [0.4, 0.5) is 0 Å². The summed E-state index contributed by atoms with van der Waals surface area (Å²) in [5, 5.41) is 2.07. The highest BCUT2D eigenvalue weighted by molar-refractivity contribution is 6.09. The zero-order valence-corrected chi connectivity index (χ0v) is 33.0. The fraction of sp³-hybridized carbons (Fsp3) is 0. The lowest BCUT2D eigenvalue weighted by atomic mass is 9.83. The van der Waals surface area contributed by atoms with E-state index in [-0.39, 0.29) is 0 Å². The van der Waals surface area contributed by atoms with E-state index in [0.717, 1.165) is 94.5 Å². The Morgan fingerprint density at radius 3 is 1.30 bits per heavy atom. The monoisotopic (exact) mass is 780 g/mol. The number of rotatable bonds is 8. The molecule has 0 saturated carbocycles. The molecule has 5 heteroatoms. The first kappa shape index (κ1) is 35.8. The van der Waals surface area contributed by atoms with Gasteiger partial charge in [-0.05, 0) is 34.9 Å². The fourth-order valence-corrected chi connectivity index (χ4v) is 8.33. The van der Waals surface area contributed by atoms with E-state index in [2.05, 4.69) is 146 Å². The summed E-state index contributed by atoms with van der Waals surface area (Å²) in [6, 6.07) is 75.1. The first-order valence-corrected chi connectivity index (χ1v) is 20.4. The number of hydrogen-bond donors (Lipinski definition) is 0. The van der Waals surface area contributed by atoms with Gasteiger partial charge in [-0.1, -0.05) is 200 Å². The van der Waals surface area contributed by atoms with Crippen molar-refractivity contribution in [3.05, 3.63) is 218 Å². The van der Waals surface area contributed by atoms with Crippen molar-refractivity contribution in [1.29, 1.82) is 0 Å². The standard InChI is InChI=1S/C56H36N4O/c1-6-20-37(21-7-1)49-48(50(38-22-8-2-9-23-38)52(40-26-12-4-13-27-40)57-51(49)39-24-10-3-11-25-39)42-30-18-31-43(36-42)55-58-54(41-28-14-5-15-29-41)59-56(60-55)46-34-19-33-45-44-32-16-17-35-47(44)61-53(45)46/h1-36H. The molecule has 0 unspecified atom stereocenters. The molecule has 0 saturated heterocycles. The minimum Gasteiger partial charge on any atom is -0.455 e. The minimum absolute atomic E-state index is 0.538. The van der Waals surface area contributed by atoms with Gasteiger partial charge < -0.3 is 4.42 Å². The van der Waals surface area contributed by atoms with Gasteiger partial charge in [0.15, 0.2) is 17.5 Å². The van der Waals surface area contributed by atoms with Crippen LogP contribution in [0.15, 0.2) is 223 Å². The highest BCUT2D eigenvalue weighted by Gasteiger charge is 2.26. The predicted octanol–water partition coefficient (Wildman–Crippen LogP) is 14.5. The molecule has 286 valence electrons. The second-order valence-corrected chi connectivity index (χ2v) is 14.9. The highest BCUT2D eigenvalue weighted by atomic mass is 16.3. The number of nitrogens with zero attached hydrogens (tertiary/aromatic N) is 4. The number of para-hydroxylation sites is 2. The van der Waals surface area contributed by atoms with Crippen LogP contribution in [-0.2, 0) is 0 Å². The minimum atomic E-state index is 0.538. The molecule has 5 nitrogen and oxygen atoms in total. The van der Waals surface area contributed by atoms with E-state index >= 15 is 0 Å². The largest absolute Gasteiger partial charge is 0.455 e. The molecule has 0 bridgehead atoms. The number of furan rings is 1. The number of pyridine rings is 1. The average Bonchev–Trinajstić information content (AvgIpc) is 3.74. The van der Waals surface area contributed by atoms with Gasteiger partial charge in [0.25, 0.3) is 0 Å². The third kappa shape index (κ3) is 6.64. The van der Waals surface area contributed by atoms with Gasteiger partial charge >= 0.3 is 0 Å². The van der Waals surface area contributed by atoms with Crippen LogP contribution in [0.3, 0.4) is 0 Å². The Labute approximate surface area is 353 Å². The summed E-state index contributed by atoms with van der Waals surface area (Å²) in [5.41, 5.74) is 14.3. The maximum atomic E-state index is 6.51. The van der Waals surface area contributed by atoms with E-state index in [0.29, 0.717) is 17.5 Å². The van der Waals surface area contributed by atoms with Crippen molar-refractivity contribution in [3.8, 4) is 90.1 Å². The van der Waals surface area contributed by atoms with Crippen LogP contribution >= 0.6 is 0 Å². The molecule has 11 rings (SSSR count). The summed E-state index contributed by atoms with van der Waals surface area (Å²) < 4.78 is 6.51. The maximum absolute atomic E-state index is 6.51. The zero-order valence-electron chi connectivity index (χ0n) is 33.0. The van der Waals surface area contributed by atoms with Gasteiger partial charge in [-0.2, -0.15) is 0 Å². The maximum Gasteiger partial charge on any atom is 0.167 e. The van der Waals surface area contributed by atoms with Crippen LogP contribution in [-0.4, -0.2) is 19.9 Å². The smallest absolute Gasteiger partial charge is 0.167 e. The molecule has 0 spiro atoms. The normalized spacial score (nSPS) is 11.3. The van der Waals surface area contributed by atoms with Gasteiger partial charge in [0.2, 0.25) is 0 Å². The van der Waals surface area contributed by atoms with Gasteiger partial charge in [0.1, 0.15) is 11.2 Å². The van der Waals surface area contributed by atoms with E-state index in [1.165, 1.54) is 0 Å². The quantitative estimate of drug-likeness (QED) is 0.154. The third-order valence-electron chi connectivity index (χ3n) is 11.1. The molecule has 0 aliphatic carbocycles. The van der Waals surface area contributed by atoms with E-state index in [1.54, 1.807) is 0 Å². The molecule has 0 N–H and O–H groups in total. The van der Waals surface area contributed by atoms with Crippen molar-refractivity contribution in [1.82, 2.24) is 19.9 Å². The number of aromatic nitrogens is 4. The Balaban J connectivity index is 1.20. The molecular formula is C56H36N4O. The van der Waals surface area contributed by atoms with Crippen molar-refractivity contribution < 1.29 is 4.42 Å². The molecule has 0 amide bonds. The van der Waals surface area contributed by atoms with Gasteiger partial charge in [0.05, 0.1) is 17.0 Å². The van der Waals surface area contributed by atoms with Gasteiger partial charge in [-0.3, -0.25) is 0 Å². The topological polar surface area (TPSA) is 64.7 Å². The van der Waals surface area contributed by atoms with Crippen molar-refractivity contribution in [3.63, 3.8) is 0 Å². The summed E-state index contributed by atoms with van der Waals surface area (Å²) in [4.78, 5) is 21.2. The van der Waals surface area contributed by atoms with Crippen LogP contribution in [0.25, 0.3) is 112 Å². The molecule has 0 fully saturated rings. The van der Waals surface area contributed by atoms with Crippen LogP contribution in [0, 0.1) is 0 Å². The Hall–Kier alpha value is -8.28. The van der Waals surface area contributed by atoms with Crippen molar-refractivity contribution >= 4 is 21.9 Å². The van der Waals surface area contributed by atoms with Crippen LogP contribution in [0.2, 0.25) is 0 Å². The van der Waals surface area contributed by atoms with E-state index in [1.807, 2.05) is 72.8 Å². The number of hydrogen-bond acceptors (Lipinski definition) is 5. The first-order chi connectivity index (χ1) is 30.3. The van der Waals surface area contributed by atoms with Gasteiger partial charge in [0, 0.05) is 49.7 Å². The Bertz CT molecular complexity index is 3230. The third-order valence-corrected chi connectivity index (χ3v) is 11.1. The predicted molar refractivity (Wildman–Crippen MR) is 248 cm³/mol. The SMILES string of the molecule is c1ccc(-c2nc(-c3cccc(-c4c(-c5ccccc5)c(-c5ccccc5)nc(-c5ccccc5)c4-c4ccccc4)c3)nc(-c3cccc4c3oc3ccccc34)n2)cc1. The zero-order chi connectivity index (χ0) is 40.5. The van der Waals surface area contributed by atoms with Crippen molar-refractivity contribution in [2.75, 3.05) is 0 Å². The Kier molecular flexibility index (Phi) is 9.10. The summed E-state index contributed by atoms with van der Waals surface area (Å²) in [5.74, 6) is 1.67. The molecule has 8 aromatic carbocycles. The Morgan fingerprint density at radius 2 is 0.705 bits per heavy atom. The van der Waals surface area contributed by atoms with E-state index < -0.39 is 0 Å². The lowest BCUT2D eigenvalue weighted by molar-refractivity contribution is 0.669. The van der Waals surface area contributed by atoms with Gasteiger partial charge in [-0.15, -0.1) is 0 Å². The molecule has 61 heavy (non-hydrogen) atoms. The highest BCUT2D eigenvalue weighted by Crippen LogP contribution is 2.49. The number of fused-ring (bicyclic) bond motifs is 3. The van der Waals surface area contributed by atoms with Crippen LogP contribution < -0.4 is 0 Å². The Morgan fingerprint density at radius 1 is 0.279 bits per heavy atom. The molecule has 3 heterocycles. The fourth-order valence-electron chi connectivity index (χ4n) is 8.33. The van der Waals surface area contributed by atoms with Crippen LogP contribution in [0.5, 0.6) is 0 Å². The first-order valence-electron chi connectivity index (χ1n) is 20.4. The lowest BCUT2D eigenvalue weighted by Gasteiger charge is -2.23. The summed E-state index contributed by atoms with van der Waals surface area (Å²) in [7, 11) is 0. The average molecular weight is 781 g/mol. The summed E-state index contributed by atoms with van der Waals surface area (Å²) in [6.45, 7) is 0. The van der Waals surface area contributed by atoms with E-state index in [9.17, 15) is 0 Å². The van der Waals surface area contributed by atoms with Crippen molar-refractivity contribution in [2.45, 2.75) is 0 Å². The molecule has 0 aliphatic rings. The molecule has 0 aliphatic heterocycles. The van der Waals surface area contributed by atoms with Crippen LogP contribution in [0.1, 0.15) is 0 Å². The lowest BCUT2D eigenvalue weighted by Crippen LogP contribution is -2.02. The molecule has 11 aromatic rings. The second-order valence-electron chi connectivity index (χ2n) is 14.9. The summed E-state index contributed by atoms with van der Waals surface area (Å²) in [6.07, 6.45) is 0. The number of benzene rings is 8. The molecule has 3 aromatic heterocycles. The molecule has 0 radical (unpaired) electrons. The van der Waals surface area contributed by atoms with Gasteiger partial charge in [-0.25, -0.2) is 19.9 Å².